The van der Waals surface area contributed by atoms with E-state index in [2.05, 4.69) is 5.16 Å². The van der Waals surface area contributed by atoms with Crippen molar-refractivity contribution in [3.63, 3.8) is 0 Å². The summed E-state index contributed by atoms with van der Waals surface area (Å²) >= 11 is 0. The number of nitrogens with zero attached hydrogens (tertiary/aromatic N) is 1. The highest BCUT2D eigenvalue weighted by atomic mass is 16.5. The number of anilines is 1. The van der Waals surface area contributed by atoms with Crippen molar-refractivity contribution in [2.75, 3.05) is 5.73 Å². The van der Waals surface area contributed by atoms with E-state index in [0.29, 0.717) is 11.6 Å². The van der Waals surface area contributed by atoms with Gasteiger partial charge in [-0.2, -0.15) is 0 Å². The Balaban J connectivity index is 2.34. The van der Waals surface area contributed by atoms with Crippen LogP contribution in [0.5, 0.6) is 0 Å². The molecule has 0 unspecified atom stereocenters. The first-order chi connectivity index (χ1) is 7.75. The zero-order valence-electron chi connectivity index (χ0n) is 8.73. The van der Waals surface area contributed by atoms with Gasteiger partial charge in [-0.25, -0.2) is 0 Å². The molecule has 3 aromatic rings. The Morgan fingerprint density at radius 3 is 2.94 bits per heavy atom. The van der Waals surface area contributed by atoms with E-state index in [1.165, 1.54) is 0 Å². The third-order valence-electron chi connectivity index (χ3n) is 2.58. The van der Waals surface area contributed by atoms with Gasteiger partial charge in [-0.15, -0.1) is 0 Å². The molecule has 0 amide bonds. The second-order valence-electron chi connectivity index (χ2n) is 3.71. The molecule has 0 fully saturated rings. The van der Waals surface area contributed by atoms with E-state index in [1.807, 2.05) is 25.1 Å². The molecule has 2 heterocycles. The lowest BCUT2D eigenvalue weighted by atomic mass is 10.1. The molecule has 1 aromatic carbocycles. The summed E-state index contributed by atoms with van der Waals surface area (Å²) in [6, 6.07) is 7.51. The van der Waals surface area contributed by atoms with Crippen LogP contribution in [0.2, 0.25) is 0 Å². The van der Waals surface area contributed by atoms with Gasteiger partial charge in [-0.05, 0) is 18.6 Å². The predicted octanol–water partition coefficient (Wildman–Crippen LogP) is 2.98. The maximum atomic E-state index is 5.55. The van der Waals surface area contributed by atoms with Gasteiger partial charge in [0.25, 0.3) is 0 Å². The summed E-state index contributed by atoms with van der Waals surface area (Å²) in [7, 11) is 0. The third kappa shape index (κ3) is 1.20. The van der Waals surface area contributed by atoms with Crippen LogP contribution < -0.4 is 5.73 Å². The van der Waals surface area contributed by atoms with Crippen molar-refractivity contribution in [3.05, 3.63) is 36.1 Å². The predicted molar refractivity (Wildman–Crippen MR) is 60.9 cm³/mol. The first-order valence-electron chi connectivity index (χ1n) is 4.95. The number of nitrogens with two attached hydrogens (primary N) is 1. The monoisotopic (exact) mass is 214 g/mol. The highest BCUT2D eigenvalue weighted by Crippen LogP contribution is 2.32. The highest BCUT2D eigenvalue weighted by Gasteiger charge is 2.12. The van der Waals surface area contributed by atoms with Crippen LogP contribution in [0, 0.1) is 6.92 Å². The van der Waals surface area contributed by atoms with Crippen LogP contribution in [0.25, 0.3) is 22.3 Å². The molecule has 4 nitrogen and oxygen atoms in total. The van der Waals surface area contributed by atoms with Crippen molar-refractivity contribution in [3.8, 4) is 11.3 Å². The van der Waals surface area contributed by atoms with Gasteiger partial charge in [-0.1, -0.05) is 17.3 Å². The normalized spacial score (nSPS) is 11.1. The van der Waals surface area contributed by atoms with Crippen LogP contribution in [0.3, 0.4) is 0 Å². The minimum absolute atomic E-state index is 0.383. The molecular weight excluding hydrogens is 204 g/mol. The van der Waals surface area contributed by atoms with Crippen LogP contribution in [-0.2, 0) is 0 Å². The molecular formula is C12H10N2O2. The molecule has 0 saturated heterocycles. The van der Waals surface area contributed by atoms with Gasteiger partial charge >= 0.3 is 0 Å². The van der Waals surface area contributed by atoms with Crippen LogP contribution in [0.15, 0.2) is 39.5 Å². The fourth-order valence-corrected chi connectivity index (χ4v) is 1.87. The highest BCUT2D eigenvalue weighted by molar-refractivity contribution is 5.95. The number of fused-ring (bicyclic) bond motifs is 1. The van der Waals surface area contributed by atoms with Gasteiger partial charge in [-0.3, -0.25) is 0 Å². The average Bonchev–Trinajstić information content (AvgIpc) is 2.86. The Bertz CT molecular complexity index is 652. The molecule has 16 heavy (non-hydrogen) atoms. The van der Waals surface area contributed by atoms with E-state index in [-0.39, 0.29) is 0 Å². The third-order valence-corrected chi connectivity index (χ3v) is 2.58. The topological polar surface area (TPSA) is 65.2 Å². The quantitative estimate of drug-likeness (QED) is 0.676. The first-order valence-corrected chi connectivity index (χ1v) is 4.95. The number of nitrogen functional groups attached to an aromatic ring is 1. The summed E-state index contributed by atoms with van der Waals surface area (Å²) in [5, 5.41) is 4.73. The molecule has 3 rings (SSSR count). The zero-order chi connectivity index (χ0) is 11.1. The molecule has 2 N–H and O–H groups in total. The standard InChI is InChI=1S/C12H10N2O2/c1-7-6-15-9-4-2-3-8(12(7)9)10-5-11(13)14-16-10/h2-6H,1H3,(H2,13,14). The van der Waals surface area contributed by atoms with Gasteiger partial charge in [0.1, 0.15) is 5.58 Å². The summed E-state index contributed by atoms with van der Waals surface area (Å²) in [6.07, 6.45) is 1.73. The van der Waals surface area contributed by atoms with E-state index in [1.54, 1.807) is 12.3 Å². The van der Waals surface area contributed by atoms with Crippen LogP contribution >= 0.6 is 0 Å². The van der Waals surface area contributed by atoms with Crippen molar-refractivity contribution < 1.29 is 8.94 Å². The Hall–Kier alpha value is -2.23. The smallest absolute Gasteiger partial charge is 0.169 e. The molecule has 0 aliphatic rings. The summed E-state index contributed by atoms with van der Waals surface area (Å²) < 4.78 is 10.6. The summed E-state index contributed by atoms with van der Waals surface area (Å²) in [5.41, 5.74) is 8.40. The SMILES string of the molecule is Cc1coc2cccc(-c3cc(N)no3)c12. The molecule has 0 saturated carbocycles. The molecule has 0 bridgehead atoms. The first kappa shape index (κ1) is 9.03. The Morgan fingerprint density at radius 1 is 1.31 bits per heavy atom. The molecule has 80 valence electrons. The van der Waals surface area contributed by atoms with Crippen molar-refractivity contribution in [1.29, 1.82) is 0 Å². The van der Waals surface area contributed by atoms with Crippen molar-refractivity contribution in [1.82, 2.24) is 5.16 Å². The second kappa shape index (κ2) is 3.13. The molecule has 2 aromatic heterocycles. The van der Waals surface area contributed by atoms with Gasteiger partial charge in [0, 0.05) is 17.0 Å². The zero-order valence-corrected chi connectivity index (χ0v) is 8.73. The van der Waals surface area contributed by atoms with Crippen molar-refractivity contribution in [2.45, 2.75) is 6.92 Å². The number of aromatic nitrogens is 1. The maximum absolute atomic E-state index is 5.55. The lowest BCUT2D eigenvalue weighted by Gasteiger charge is -1.98. The summed E-state index contributed by atoms with van der Waals surface area (Å²) in [4.78, 5) is 0. The minimum atomic E-state index is 0.383. The summed E-state index contributed by atoms with van der Waals surface area (Å²) in [5.74, 6) is 1.04. The van der Waals surface area contributed by atoms with Gasteiger partial charge in [0.2, 0.25) is 0 Å². The number of hydrogen-bond acceptors (Lipinski definition) is 4. The number of benzene rings is 1. The minimum Gasteiger partial charge on any atom is -0.464 e. The number of hydrogen-bond donors (Lipinski definition) is 1. The van der Waals surface area contributed by atoms with E-state index < -0.39 is 0 Å². The van der Waals surface area contributed by atoms with Crippen molar-refractivity contribution >= 4 is 16.8 Å². The summed E-state index contributed by atoms with van der Waals surface area (Å²) in [6.45, 7) is 2.00. The van der Waals surface area contributed by atoms with E-state index >= 15 is 0 Å². The van der Waals surface area contributed by atoms with E-state index in [4.69, 9.17) is 14.7 Å². The Kier molecular flexibility index (Phi) is 1.77. The molecule has 0 aliphatic carbocycles. The molecule has 0 radical (unpaired) electrons. The van der Waals surface area contributed by atoms with Crippen LogP contribution in [-0.4, -0.2) is 5.16 Å². The lowest BCUT2D eigenvalue weighted by molar-refractivity contribution is 0.436. The van der Waals surface area contributed by atoms with Gasteiger partial charge in [0.05, 0.1) is 6.26 Å². The van der Waals surface area contributed by atoms with Gasteiger partial charge < -0.3 is 14.7 Å². The van der Waals surface area contributed by atoms with Crippen molar-refractivity contribution in [2.24, 2.45) is 0 Å². The fourth-order valence-electron chi connectivity index (χ4n) is 1.87. The molecule has 4 heteroatoms. The second-order valence-corrected chi connectivity index (χ2v) is 3.71. The molecule has 0 aliphatic heterocycles. The average molecular weight is 214 g/mol. The van der Waals surface area contributed by atoms with E-state index in [9.17, 15) is 0 Å². The van der Waals surface area contributed by atoms with Gasteiger partial charge in [0.15, 0.2) is 11.6 Å². The van der Waals surface area contributed by atoms with Crippen LogP contribution in [0.1, 0.15) is 5.56 Å². The maximum Gasteiger partial charge on any atom is 0.169 e. The number of furan rings is 1. The van der Waals surface area contributed by atoms with Crippen LogP contribution in [0.4, 0.5) is 5.82 Å². The Labute approximate surface area is 91.6 Å². The number of rotatable bonds is 1. The number of aryl methyl sites for hydroxylation is 1. The lowest BCUT2D eigenvalue weighted by Crippen LogP contribution is -1.80. The fraction of sp³-hybridized carbons (Fsp3) is 0.0833. The molecule has 0 atom stereocenters. The van der Waals surface area contributed by atoms with E-state index in [0.717, 1.165) is 22.1 Å². The molecule has 0 spiro atoms. The largest absolute Gasteiger partial charge is 0.464 e. The Morgan fingerprint density at radius 2 is 2.19 bits per heavy atom.